The lowest BCUT2D eigenvalue weighted by atomic mass is 10.2. The molecule has 0 radical (unpaired) electrons. The van der Waals surface area contributed by atoms with Crippen molar-refractivity contribution in [1.29, 1.82) is 0 Å². The van der Waals surface area contributed by atoms with Gasteiger partial charge in [0.1, 0.15) is 30.5 Å². The van der Waals surface area contributed by atoms with E-state index in [0.29, 0.717) is 41.7 Å². The summed E-state index contributed by atoms with van der Waals surface area (Å²) >= 11 is 0. The van der Waals surface area contributed by atoms with Crippen molar-refractivity contribution in [2.45, 2.75) is 0 Å². The van der Waals surface area contributed by atoms with Crippen molar-refractivity contribution in [1.82, 2.24) is 0 Å². The first-order chi connectivity index (χ1) is 13.7. The summed E-state index contributed by atoms with van der Waals surface area (Å²) in [4.78, 5) is 12.6. The number of nitrogens with two attached hydrogens (primary N) is 1. The molecule has 6 heteroatoms. The number of methoxy groups -OCH3 is 1. The maximum absolute atomic E-state index is 12.6. The average Bonchev–Trinajstić information content (AvgIpc) is 2.73. The van der Waals surface area contributed by atoms with Crippen molar-refractivity contribution < 1.29 is 19.0 Å². The summed E-state index contributed by atoms with van der Waals surface area (Å²) in [7, 11) is 1.52. The van der Waals surface area contributed by atoms with E-state index in [2.05, 4.69) is 5.32 Å². The average molecular weight is 378 g/mol. The standard InChI is InChI=1S/C22H22N2O4/c1-26-21-15-17(23)10-11-20(21)24-22(25)16-6-5-9-19(14-16)28-13-12-27-18-7-3-2-4-8-18/h2-11,14-15H,12-13,23H2,1H3,(H,24,25). The number of benzene rings is 3. The molecular weight excluding hydrogens is 356 g/mol. The van der Waals surface area contributed by atoms with Gasteiger partial charge in [-0.1, -0.05) is 24.3 Å². The highest BCUT2D eigenvalue weighted by atomic mass is 16.5. The SMILES string of the molecule is COc1cc(N)ccc1NC(=O)c1cccc(OCCOc2ccccc2)c1. The zero-order valence-electron chi connectivity index (χ0n) is 15.6. The molecule has 0 aromatic heterocycles. The van der Waals surface area contributed by atoms with Gasteiger partial charge in [-0.05, 0) is 42.5 Å². The predicted octanol–water partition coefficient (Wildman–Crippen LogP) is 3.99. The molecular formula is C22H22N2O4. The summed E-state index contributed by atoms with van der Waals surface area (Å²) in [5.74, 6) is 1.61. The minimum Gasteiger partial charge on any atom is -0.494 e. The van der Waals surface area contributed by atoms with E-state index in [1.807, 2.05) is 30.3 Å². The Morgan fingerprint density at radius 2 is 1.61 bits per heavy atom. The minimum atomic E-state index is -0.269. The molecule has 0 fully saturated rings. The first-order valence-corrected chi connectivity index (χ1v) is 8.81. The quantitative estimate of drug-likeness (QED) is 0.457. The van der Waals surface area contributed by atoms with Crippen molar-refractivity contribution >= 4 is 17.3 Å². The fraction of sp³-hybridized carbons (Fsp3) is 0.136. The van der Waals surface area contributed by atoms with Crippen LogP contribution in [0, 0.1) is 0 Å². The monoisotopic (exact) mass is 378 g/mol. The van der Waals surface area contributed by atoms with Crippen molar-refractivity contribution in [3.05, 3.63) is 78.4 Å². The van der Waals surface area contributed by atoms with Gasteiger partial charge in [0.15, 0.2) is 0 Å². The molecule has 6 nitrogen and oxygen atoms in total. The van der Waals surface area contributed by atoms with Crippen LogP contribution in [0.15, 0.2) is 72.8 Å². The highest BCUT2D eigenvalue weighted by molar-refractivity contribution is 6.05. The van der Waals surface area contributed by atoms with E-state index in [4.69, 9.17) is 19.9 Å². The van der Waals surface area contributed by atoms with Crippen molar-refractivity contribution in [3.63, 3.8) is 0 Å². The van der Waals surface area contributed by atoms with Crippen LogP contribution >= 0.6 is 0 Å². The zero-order valence-corrected chi connectivity index (χ0v) is 15.6. The molecule has 144 valence electrons. The fourth-order valence-corrected chi connectivity index (χ4v) is 2.57. The Morgan fingerprint density at radius 1 is 0.893 bits per heavy atom. The number of amides is 1. The summed E-state index contributed by atoms with van der Waals surface area (Å²) in [6.45, 7) is 0.773. The van der Waals surface area contributed by atoms with E-state index >= 15 is 0 Å². The van der Waals surface area contributed by atoms with Gasteiger partial charge in [0, 0.05) is 17.3 Å². The Hall–Kier alpha value is -3.67. The van der Waals surface area contributed by atoms with Gasteiger partial charge in [-0.15, -0.1) is 0 Å². The number of ether oxygens (including phenoxy) is 3. The first kappa shape index (κ1) is 19.1. The number of nitrogens with one attached hydrogen (secondary N) is 1. The normalized spacial score (nSPS) is 10.2. The molecule has 0 saturated carbocycles. The van der Waals surface area contributed by atoms with E-state index < -0.39 is 0 Å². The smallest absolute Gasteiger partial charge is 0.255 e. The number of anilines is 2. The van der Waals surface area contributed by atoms with Gasteiger partial charge >= 0.3 is 0 Å². The third-order valence-corrected chi connectivity index (χ3v) is 3.93. The van der Waals surface area contributed by atoms with E-state index in [1.165, 1.54) is 7.11 Å². The third kappa shape index (κ3) is 5.17. The van der Waals surface area contributed by atoms with Gasteiger partial charge in [-0.3, -0.25) is 4.79 Å². The van der Waals surface area contributed by atoms with E-state index in [9.17, 15) is 4.79 Å². The van der Waals surface area contributed by atoms with Gasteiger partial charge in [-0.2, -0.15) is 0 Å². The summed E-state index contributed by atoms with van der Waals surface area (Å²) in [6, 6.07) is 21.5. The number of carbonyl (C=O) groups is 1. The number of hydrogen-bond acceptors (Lipinski definition) is 5. The maximum Gasteiger partial charge on any atom is 0.255 e. The first-order valence-electron chi connectivity index (χ1n) is 8.81. The second kappa shape index (κ2) is 9.32. The summed E-state index contributed by atoms with van der Waals surface area (Å²) < 4.78 is 16.5. The Labute approximate surface area is 163 Å². The Bertz CT molecular complexity index is 929. The second-order valence-electron chi connectivity index (χ2n) is 5.95. The lowest BCUT2D eigenvalue weighted by molar-refractivity contribution is 0.102. The number of rotatable bonds is 8. The molecule has 0 saturated heterocycles. The van der Waals surface area contributed by atoms with Crippen LogP contribution in [-0.4, -0.2) is 26.2 Å². The van der Waals surface area contributed by atoms with E-state index in [-0.39, 0.29) is 5.91 Å². The predicted molar refractivity (Wildman–Crippen MR) is 109 cm³/mol. The van der Waals surface area contributed by atoms with Crippen molar-refractivity contribution in [3.8, 4) is 17.2 Å². The molecule has 0 spiro atoms. The largest absolute Gasteiger partial charge is 0.494 e. The molecule has 28 heavy (non-hydrogen) atoms. The third-order valence-electron chi connectivity index (χ3n) is 3.93. The van der Waals surface area contributed by atoms with Gasteiger partial charge in [0.2, 0.25) is 0 Å². The molecule has 3 aromatic carbocycles. The molecule has 0 aliphatic heterocycles. The van der Waals surface area contributed by atoms with Crippen LogP contribution in [0.25, 0.3) is 0 Å². The summed E-state index contributed by atoms with van der Waals surface area (Å²) in [5.41, 5.74) is 7.32. The van der Waals surface area contributed by atoms with Crippen LogP contribution in [0.5, 0.6) is 17.2 Å². The van der Waals surface area contributed by atoms with Crippen molar-refractivity contribution in [2.24, 2.45) is 0 Å². The van der Waals surface area contributed by atoms with Crippen LogP contribution in [0.2, 0.25) is 0 Å². The Balaban J connectivity index is 1.57. The Morgan fingerprint density at radius 3 is 2.36 bits per heavy atom. The molecule has 0 aliphatic carbocycles. The van der Waals surface area contributed by atoms with E-state index in [1.54, 1.807) is 42.5 Å². The highest BCUT2D eigenvalue weighted by Crippen LogP contribution is 2.27. The molecule has 0 heterocycles. The van der Waals surface area contributed by atoms with Crippen LogP contribution in [0.1, 0.15) is 10.4 Å². The van der Waals surface area contributed by atoms with Crippen molar-refractivity contribution in [2.75, 3.05) is 31.4 Å². The second-order valence-corrected chi connectivity index (χ2v) is 5.95. The number of hydrogen-bond donors (Lipinski definition) is 2. The van der Waals surface area contributed by atoms with Crippen LogP contribution in [0.3, 0.4) is 0 Å². The van der Waals surface area contributed by atoms with Crippen LogP contribution < -0.4 is 25.3 Å². The van der Waals surface area contributed by atoms with Gasteiger partial charge in [0.05, 0.1) is 12.8 Å². The number of nitrogen functional groups attached to an aromatic ring is 1. The van der Waals surface area contributed by atoms with Gasteiger partial charge < -0.3 is 25.3 Å². The van der Waals surface area contributed by atoms with Gasteiger partial charge in [-0.25, -0.2) is 0 Å². The summed E-state index contributed by atoms with van der Waals surface area (Å²) in [5, 5.41) is 2.82. The molecule has 3 aromatic rings. The lowest BCUT2D eigenvalue weighted by Crippen LogP contribution is -2.13. The zero-order chi connectivity index (χ0) is 19.8. The fourth-order valence-electron chi connectivity index (χ4n) is 2.57. The lowest BCUT2D eigenvalue weighted by Gasteiger charge is -2.12. The maximum atomic E-state index is 12.6. The molecule has 0 bridgehead atoms. The summed E-state index contributed by atoms with van der Waals surface area (Å²) in [6.07, 6.45) is 0. The molecule has 3 N–H and O–H groups in total. The highest BCUT2D eigenvalue weighted by Gasteiger charge is 2.11. The Kier molecular flexibility index (Phi) is 6.36. The minimum absolute atomic E-state index is 0.269. The van der Waals surface area contributed by atoms with Crippen LogP contribution in [-0.2, 0) is 0 Å². The topological polar surface area (TPSA) is 82.8 Å². The van der Waals surface area contributed by atoms with E-state index in [0.717, 1.165) is 5.75 Å². The molecule has 0 unspecified atom stereocenters. The molecule has 1 amide bonds. The number of para-hydroxylation sites is 1. The van der Waals surface area contributed by atoms with Crippen LogP contribution in [0.4, 0.5) is 11.4 Å². The van der Waals surface area contributed by atoms with Gasteiger partial charge in [0.25, 0.3) is 5.91 Å². The number of carbonyl (C=O) groups excluding carboxylic acids is 1. The molecule has 3 rings (SSSR count). The molecule has 0 aliphatic rings. The molecule has 0 atom stereocenters.